The average molecular weight is 234 g/mol. The van der Waals surface area contributed by atoms with E-state index in [4.69, 9.17) is 0 Å². The number of hydrogen-bond acceptors (Lipinski definition) is 3. The van der Waals surface area contributed by atoms with Gasteiger partial charge in [0.15, 0.2) is 0 Å². The molecule has 1 N–H and O–H groups in total. The number of nitro benzene ring substituents is 1. The van der Waals surface area contributed by atoms with Gasteiger partial charge >= 0.3 is 0 Å². The van der Waals surface area contributed by atoms with Crippen molar-refractivity contribution in [2.24, 2.45) is 7.05 Å². The second-order valence-corrected chi connectivity index (χ2v) is 3.82. The highest BCUT2D eigenvalue weighted by Gasteiger charge is 2.12. The molecule has 6 heteroatoms. The van der Waals surface area contributed by atoms with E-state index in [2.05, 4.69) is 0 Å². The van der Waals surface area contributed by atoms with Gasteiger partial charge in [-0.1, -0.05) is 0 Å². The van der Waals surface area contributed by atoms with Gasteiger partial charge in [0.25, 0.3) is 5.69 Å². The molecule has 88 valence electrons. The Morgan fingerprint density at radius 1 is 1.53 bits per heavy atom. The van der Waals surface area contributed by atoms with Crippen LogP contribution in [0.5, 0.6) is 5.75 Å². The quantitative estimate of drug-likeness (QED) is 0.488. The lowest BCUT2D eigenvalue weighted by atomic mass is 10.2. The van der Waals surface area contributed by atoms with E-state index in [9.17, 15) is 15.2 Å². The maximum absolute atomic E-state index is 10.6. The molecule has 0 radical (unpaired) electrons. The monoisotopic (exact) mass is 234 g/mol. The molecule has 0 saturated carbocycles. The number of non-ortho nitro benzene ring substituents is 1. The minimum Gasteiger partial charge on any atom is -0.508 e. The molecule has 0 aliphatic heterocycles. The standard InChI is InChI=1S/C11H11N3O3/c1-12-4-5-13(8-12)7-9-6-10(14(16)17)2-3-11(9)15/h2-6,8H,7H2,1H3/p+1. The summed E-state index contributed by atoms with van der Waals surface area (Å²) in [5.74, 6) is 0.0620. The molecule has 0 bridgehead atoms. The Morgan fingerprint density at radius 3 is 2.88 bits per heavy atom. The highest BCUT2D eigenvalue weighted by atomic mass is 16.6. The van der Waals surface area contributed by atoms with Crippen LogP contribution < -0.4 is 4.57 Å². The van der Waals surface area contributed by atoms with E-state index in [0.29, 0.717) is 12.1 Å². The van der Waals surface area contributed by atoms with Crippen molar-refractivity contribution in [3.05, 3.63) is 52.6 Å². The van der Waals surface area contributed by atoms with E-state index in [-0.39, 0.29) is 11.4 Å². The van der Waals surface area contributed by atoms with E-state index in [1.165, 1.54) is 18.2 Å². The van der Waals surface area contributed by atoms with Crippen LogP contribution in [0.25, 0.3) is 0 Å². The molecule has 0 aliphatic carbocycles. The molecule has 0 atom stereocenters. The predicted octanol–water partition coefficient (Wildman–Crippen LogP) is 0.975. The van der Waals surface area contributed by atoms with E-state index < -0.39 is 4.92 Å². The lowest BCUT2D eigenvalue weighted by Crippen LogP contribution is -2.23. The molecule has 0 saturated heterocycles. The number of aromatic hydroxyl groups is 1. The number of benzene rings is 1. The first kappa shape index (κ1) is 11.1. The molecule has 0 fully saturated rings. The van der Waals surface area contributed by atoms with Crippen molar-refractivity contribution < 1.29 is 14.6 Å². The molecule has 1 aromatic heterocycles. The fourth-order valence-corrected chi connectivity index (χ4v) is 1.60. The molecular weight excluding hydrogens is 222 g/mol. The van der Waals surface area contributed by atoms with Crippen LogP contribution in [0, 0.1) is 10.1 Å². The molecule has 6 nitrogen and oxygen atoms in total. The van der Waals surface area contributed by atoms with Crippen molar-refractivity contribution in [1.82, 2.24) is 4.57 Å². The lowest BCUT2D eigenvalue weighted by Gasteiger charge is -2.01. The maximum atomic E-state index is 10.6. The van der Waals surface area contributed by atoms with Crippen molar-refractivity contribution in [1.29, 1.82) is 0 Å². The van der Waals surface area contributed by atoms with Gasteiger partial charge in [0.1, 0.15) is 24.7 Å². The van der Waals surface area contributed by atoms with Crippen LogP contribution in [0.1, 0.15) is 5.56 Å². The normalized spacial score (nSPS) is 10.4. The highest BCUT2D eigenvalue weighted by molar-refractivity contribution is 5.43. The number of hydrogen-bond donors (Lipinski definition) is 1. The van der Waals surface area contributed by atoms with E-state index in [1.54, 1.807) is 0 Å². The van der Waals surface area contributed by atoms with Crippen molar-refractivity contribution in [2.75, 3.05) is 0 Å². The summed E-state index contributed by atoms with van der Waals surface area (Å²) in [4.78, 5) is 10.2. The Morgan fingerprint density at radius 2 is 2.29 bits per heavy atom. The summed E-state index contributed by atoms with van der Waals surface area (Å²) < 4.78 is 3.69. The fraction of sp³-hybridized carbons (Fsp3) is 0.182. The predicted molar refractivity (Wildman–Crippen MR) is 59.5 cm³/mol. The first-order valence-corrected chi connectivity index (χ1v) is 5.03. The van der Waals surface area contributed by atoms with E-state index in [1.807, 2.05) is 34.9 Å². The molecule has 1 aromatic carbocycles. The summed E-state index contributed by atoms with van der Waals surface area (Å²) in [6.07, 6.45) is 5.52. The number of nitro groups is 1. The van der Waals surface area contributed by atoms with Gasteiger partial charge in [0.05, 0.1) is 12.0 Å². The topological polar surface area (TPSA) is 72.2 Å². The lowest BCUT2D eigenvalue weighted by molar-refractivity contribution is -0.671. The van der Waals surface area contributed by atoms with Gasteiger partial charge in [-0.15, -0.1) is 0 Å². The zero-order valence-electron chi connectivity index (χ0n) is 9.28. The van der Waals surface area contributed by atoms with E-state index >= 15 is 0 Å². The molecule has 0 amide bonds. The first-order chi connectivity index (χ1) is 8.06. The number of aromatic nitrogens is 2. The van der Waals surface area contributed by atoms with Gasteiger partial charge < -0.3 is 5.11 Å². The summed E-state index contributed by atoms with van der Waals surface area (Å²) in [5.41, 5.74) is 0.504. The summed E-state index contributed by atoms with van der Waals surface area (Å²) in [5, 5.41) is 20.3. The van der Waals surface area contributed by atoms with Crippen LogP contribution in [-0.4, -0.2) is 14.6 Å². The van der Waals surface area contributed by atoms with Crippen LogP contribution in [-0.2, 0) is 13.6 Å². The number of rotatable bonds is 3. The number of phenols is 1. The number of phenolic OH excluding ortho intramolecular Hbond substituents is 1. The third kappa shape index (κ3) is 2.41. The average Bonchev–Trinajstić information content (AvgIpc) is 2.67. The van der Waals surface area contributed by atoms with E-state index in [0.717, 1.165) is 0 Å². The SMILES string of the molecule is C[n+]1ccn(Cc2cc([N+](=O)[O-])ccc2O)c1. The van der Waals surface area contributed by atoms with Crippen LogP contribution in [0.15, 0.2) is 36.9 Å². The van der Waals surface area contributed by atoms with Crippen LogP contribution in [0.2, 0.25) is 0 Å². The van der Waals surface area contributed by atoms with Crippen LogP contribution in [0.4, 0.5) is 5.69 Å². The molecule has 2 rings (SSSR count). The molecule has 0 aliphatic rings. The van der Waals surface area contributed by atoms with Gasteiger partial charge in [-0.2, -0.15) is 0 Å². The van der Waals surface area contributed by atoms with Gasteiger partial charge in [0, 0.05) is 17.7 Å². The van der Waals surface area contributed by atoms with Crippen molar-refractivity contribution in [3.63, 3.8) is 0 Å². The Kier molecular flexibility index (Phi) is 2.78. The smallest absolute Gasteiger partial charge is 0.270 e. The molecule has 1 heterocycles. The number of imidazole rings is 1. The minimum atomic E-state index is -0.474. The number of aryl methyl sites for hydroxylation is 1. The summed E-state index contributed by atoms with van der Waals surface area (Å²) >= 11 is 0. The van der Waals surface area contributed by atoms with Crippen molar-refractivity contribution >= 4 is 5.69 Å². The third-order valence-electron chi connectivity index (χ3n) is 2.45. The Balaban J connectivity index is 2.31. The van der Waals surface area contributed by atoms with Crippen LogP contribution in [0.3, 0.4) is 0 Å². The molecule has 17 heavy (non-hydrogen) atoms. The maximum Gasteiger partial charge on any atom is 0.270 e. The zero-order valence-corrected chi connectivity index (χ0v) is 9.28. The molecule has 0 spiro atoms. The molecule has 2 aromatic rings. The first-order valence-electron chi connectivity index (χ1n) is 5.03. The van der Waals surface area contributed by atoms with Crippen LogP contribution >= 0.6 is 0 Å². The van der Waals surface area contributed by atoms with Crippen molar-refractivity contribution in [2.45, 2.75) is 6.54 Å². The third-order valence-corrected chi connectivity index (χ3v) is 2.45. The second-order valence-electron chi connectivity index (χ2n) is 3.82. The summed E-state index contributed by atoms with van der Waals surface area (Å²) in [7, 11) is 1.88. The summed E-state index contributed by atoms with van der Waals surface area (Å²) in [6.45, 7) is 0.397. The summed E-state index contributed by atoms with van der Waals surface area (Å²) in [6, 6.07) is 4.01. The van der Waals surface area contributed by atoms with Gasteiger partial charge in [-0.25, -0.2) is 9.13 Å². The second kappa shape index (κ2) is 4.25. The molecular formula is C11H12N3O3+. The van der Waals surface area contributed by atoms with Gasteiger partial charge in [0.2, 0.25) is 6.33 Å². The fourth-order valence-electron chi connectivity index (χ4n) is 1.60. The Hall–Kier alpha value is -2.37. The largest absolute Gasteiger partial charge is 0.508 e. The van der Waals surface area contributed by atoms with Crippen molar-refractivity contribution in [3.8, 4) is 5.75 Å². The highest BCUT2D eigenvalue weighted by Crippen LogP contribution is 2.23. The van der Waals surface area contributed by atoms with Gasteiger partial charge in [-0.3, -0.25) is 10.1 Å². The minimum absolute atomic E-state index is 0.0191. The Labute approximate surface area is 97.5 Å². The van der Waals surface area contributed by atoms with Gasteiger partial charge in [-0.05, 0) is 6.07 Å². The number of nitrogens with zero attached hydrogens (tertiary/aromatic N) is 3. The zero-order chi connectivity index (χ0) is 12.4. The molecule has 0 unspecified atom stereocenters. The Bertz CT molecular complexity index is 563.